The summed E-state index contributed by atoms with van der Waals surface area (Å²) >= 11 is 0. The molecule has 1 unspecified atom stereocenters. The molecule has 0 aliphatic rings. The zero-order chi connectivity index (χ0) is 12.2. The highest BCUT2D eigenvalue weighted by Gasteiger charge is 2.26. The van der Waals surface area contributed by atoms with Gasteiger partial charge in [-0.3, -0.25) is 0 Å². The molecule has 0 aromatic carbocycles. The van der Waals surface area contributed by atoms with Crippen molar-refractivity contribution in [2.75, 3.05) is 13.7 Å². The van der Waals surface area contributed by atoms with Crippen molar-refractivity contribution >= 4 is 0 Å². The van der Waals surface area contributed by atoms with Gasteiger partial charge in [0.1, 0.15) is 6.33 Å². The number of nitrogens with zero attached hydrogens (tertiary/aromatic N) is 2. The number of methoxy groups -OCH3 is 1. The van der Waals surface area contributed by atoms with Gasteiger partial charge in [-0.1, -0.05) is 27.7 Å². The minimum atomic E-state index is 0.107. The Balaban J connectivity index is 3.01. The quantitative estimate of drug-likeness (QED) is 0.850. The monoisotopic (exact) mass is 223 g/mol. The highest BCUT2D eigenvalue weighted by molar-refractivity contribution is 5.18. The molecule has 1 aromatic rings. The SMILES string of the molecule is CCNC(c1cc(OC)ncn1)C(C)(C)C. The summed E-state index contributed by atoms with van der Waals surface area (Å²) in [6.45, 7) is 9.57. The summed E-state index contributed by atoms with van der Waals surface area (Å²) < 4.78 is 5.12. The molecule has 1 aromatic heterocycles. The highest BCUT2D eigenvalue weighted by Crippen LogP contribution is 2.32. The minimum absolute atomic E-state index is 0.107. The van der Waals surface area contributed by atoms with E-state index in [0.717, 1.165) is 12.2 Å². The molecule has 1 N–H and O–H groups in total. The molecule has 1 atom stereocenters. The summed E-state index contributed by atoms with van der Waals surface area (Å²) in [4.78, 5) is 8.34. The van der Waals surface area contributed by atoms with E-state index in [1.165, 1.54) is 0 Å². The summed E-state index contributed by atoms with van der Waals surface area (Å²) in [6, 6.07) is 2.09. The molecule has 4 nitrogen and oxygen atoms in total. The zero-order valence-electron chi connectivity index (χ0n) is 10.7. The molecule has 0 saturated heterocycles. The summed E-state index contributed by atoms with van der Waals surface area (Å²) in [5.41, 5.74) is 1.08. The minimum Gasteiger partial charge on any atom is -0.481 e. The molecular weight excluding hydrogens is 202 g/mol. The van der Waals surface area contributed by atoms with Crippen LogP contribution in [0.3, 0.4) is 0 Å². The van der Waals surface area contributed by atoms with Crippen LogP contribution in [0.5, 0.6) is 5.88 Å². The molecule has 0 amide bonds. The molecule has 0 bridgehead atoms. The van der Waals surface area contributed by atoms with Gasteiger partial charge < -0.3 is 10.1 Å². The average molecular weight is 223 g/mol. The van der Waals surface area contributed by atoms with Crippen LogP contribution in [0.25, 0.3) is 0 Å². The largest absolute Gasteiger partial charge is 0.481 e. The number of ether oxygens (including phenoxy) is 1. The maximum absolute atomic E-state index is 5.12. The molecule has 4 heteroatoms. The molecular formula is C12H21N3O. The third kappa shape index (κ3) is 3.17. The van der Waals surface area contributed by atoms with Crippen molar-refractivity contribution in [1.29, 1.82) is 0 Å². The first-order valence-corrected chi connectivity index (χ1v) is 5.58. The number of rotatable bonds is 4. The van der Waals surface area contributed by atoms with E-state index < -0.39 is 0 Å². The van der Waals surface area contributed by atoms with E-state index in [-0.39, 0.29) is 11.5 Å². The predicted octanol–water partition coefficient (Wildman–Crippen LogP) is 2.18. The topological polar surface area (TPSA) is 47.0 Å². The second-order valence-electron chi connectivity index (χ2n) is 4.84. The molecule has 90 valence electrons. The van der Waals surface area contributed by atoms with Crippen LogP contribution in [0.2, 0.25) is 0 Å². The predicted molar refractivity (Wildman–Crippen MR) is 64.5 cm³/mol. The van der Waals surface area contributed by atoms with E-state index in [9.17, 15) is 0 Å². The lowest BCUT2D eigenvalue weighted by Gasteiger charge is -2.30. The van der Waals surface area contributed by atoms with E-state index in [1.54, 1.807) is 13.4 Å². The van der Waals surface area contributed by atoms with Crippen molar-refractivity contribution in [3.8, 4) is 5.88 Å². The first-order chi connectivity index (χ1) is 7.49. The highest BCUT2D eigenvalue weighted by atomic mass is 16.5. The molecule has 16 heavy (non-hydrogen) atoms. The van der Waals surface area contributed by atoms with E-state index in [1.807, 2.05) is 6.07 Å². The smallest absolute Gasteiger partial charge is 0.216 e. The lowest BCUT2D eigenvalue weighted by molar-refractivity contribution is 0.270. The molecule has 0 radical (unpaired) electrons. The molecule has 0 aliphatic heterocycles. The molecule has 0 fully saturated rings. The van der Waals surface area contributed by atoms with Gasteiger partial charge in [0.05, 0.1) is 18.8 Å². The Morgan fingerprint density at radius 3 is 2.56 bits per heavy atom. The lowest BCUT2D eigenvalue weighted by Crippen LogP contribution is -2.32. The van der Waals surface area contributed by atoms with Crippen LogP contribution in [0.4, 0.5) is 0 Å². The van der Waals surface area contributed by atoms with Crippen LogP contribution in [0, 0.1) is 5.41 Å². The second kappa shape index (κ2) is 5.25. The van der Waals surface area contributed by atoms with Gasteiger partial charge >= 0.3 is 0 Å². The van der Waals surface area contributed by atoms with Crippen molar-refractivity contribution in [3.05, 3.63) is 18.1 Å². The Labute approximate surface area is 97.5 Å². The van der Waals surface area contributed by atoms with E-state index in [4.69, 9.17) is 4.74 Å². The third-order valence-corrected chi connectivity index (χ3v) is 2.44. The van der Waals surface area contributed by atoms with Crippen LogP contribution in [-0.2, 0) is 0 Å². The van der Waals surface area contributed by atoms with Gasteiger partial charge in [-0.25, -0.2) is 9.97 Å². The summed E-state index contributed by atoms with van der Waals surface area (Å²) in [6.07, 6.45) is 1.55. The van der Waals surface area contributed by atoms with Crippen LogP contribution in [0.15, 0.2) is 12.4 Å². The number of hydrogen-bond donors (Lipinski definition) is 1. The Kier molecular flexibility index (Phi) is 4.24. The van der Waals surface area contributed by atoms with Crippen molar-refractivity contribution in [3.63, 3.8) is 0 Å². The standard InChI is InChI=1S/C12H21N3O/c1-6-13-11(12(2,3)4)9-7-10(16-5)15-8-14-9/h7-8,11,13H,6H2,1-5H3. The third-order valence-electron chi connectivity index (χ3n) is 2.44. The van der Waals surface area contributed by atoms with Gasteiger partial charge in [-0.05, 0) is 12.0 Å². The van der Waals surface area contributed by atoms with Crippen molar-refractivity contribution < 1.29 is 4.74 Å². The van der Waals surface area contributed by atoms with Crippen LogP contribution in [0.1, 0.15) is 39.4 Å². The normalized spacial score (nSPS) is 13.6. The number of hydrogen-bond acceptors (Lipinski definition) is 4. The van der Waals surface area contributed by atoms with Crippen LogP contribution in [-0.4, -0.2) is 23.6 Å². The van der Waals surface area contributed by atoms with Gasteiger partial charge in [0.25, 0.3) is 0 Å². The average Bonchev–Trinajstić information content (AvgIpc) is 2.24. The summed E-state index contributed by atoms with van der Waals surface area (Å²) in [5, 5.41) is 3.44. The molecule has 0 spiro atoms. The molecule has 1 heterocycles. The Morgan fingerprint density at radius 2 is 2.06 bits per heavy atom. The molecule has 0 aliphatic carbocycles. The van der Waals surface area contributed by atoms with E-state index in [0.29, 0.717) is 5.88 Å². The fraction of sp³-hybridized carbons (Fsp3) is 0.667. The van der Waals surface area contributed by atoms with Gasteiger partial charge in [-0.2, -0.15) is 0 Å². The maximum Gasteiger partial charge on any atom is 0.216 e. The van der Waals surface area contributed by atoms with Crippen molar-refractivity contribution in [2.45, 2.75) is 33.7 Å². The Hall–Kier alpha value is -1.16. The van der Waals surface area contributed by atoms with Gasteiger partial charge in [0.2, 0.25) is 5.88 Å². The second-order valence-corrected chi connectivity index (χ2v) is 4.84. The number of aromatic nitrogens is 2. The van der Waals surface area contributed by atoms with Gasteiger partial charge in [-0.15, -0.1) is 0 Å². The summed E-state index contributed by atoms with van der Waals surface area (Å²) in [7, 11) is 1.62. The van der Waals surface area contributed by atoms with Gasteiger partial charge in [0, 0.05) is 6.07 Å². The fourth-order valence-electron chi connectivity index (χ4n) is 1.68. The summed E-state index contributed by atoms with van der Waals surface area (Å²) in [5.74, 6) is 0.608. The maximum atomic E-state index is 5.12. The van der Waals surface area contributed by atoms with Crippen molar-refractivity contribution in [1.82, 2.24) is 15.3 Å². The van der Waals surface area contributed by atoms with Crippen LogP contribution >= 0.6 is 0 Å². The molecule has 1 rings (SSSR count). The van der Waals surface area contributed by atoms with Gasteiger partial charge in [0.15, 0.2) is 0 Å². The van der Waals surface area contributed by atoms with E-state index >= 15 is 0 Å². The van der Waals surface area contributed by atoms with Crippen LogP contribution < -0.4 is 10.1 Å². The first-order valence-electron chi connectivity index (χ1n) is 5.58. The Bertz CT molecular complexity index is 333. The van der Waals surface area contributed by atoms with Crippen molar-refractivity contribution in [2.24, 2.45) is 5.41 Å². The lowest BCUT2D eigenvalue weighted by atomic mass is 9.84. The fourth-order valence-corrected chi connectivity index (χ4v) is 1.68. The molecule has 0 saturated carbocycles. The van der Waals surface area contributed by atoms with E-state index in [2.05, 4.69) is 43.0 Å². The first kappa shape index (κ1) is 12.9. The zero-order valence-corrected chi connectivity index (χ0v) is 10.7. The Morgan fingerprint density at radius 1 is 1.38 bits per heavy atom. The number of nitrogens with one attached hydrogen (secondary N) is 1.